The highest BCUT2D eigenvalue weighted by Crippen LogP contribution is 2.13. The van der Waals surface area contributed by atoms with Crippen molar-refractivity contribution in [2.75, 3.05) is 0 Å². The van der Waals surface area contributed by atoms with Gasteiger partial charge in [0, 0.05) is 10.7 Å². The van der Waals surface area contributed by atoms with Crippen LogP contribution in [0.2, 0.25) is 0 Å². The number of hydrogen-bond acceptors (Lipinski definition) is 2. The van der Waals surface area contributed by atoms with Crippen LogP contribution < -0.4 is 0 Å². The van der Waals surface area contributed by atoms with Crippen LogP contribution in [0.1, 0.15) is 11.3 Å². The van der Waals surface area contributed by atoms with E-state index in [0.717, 1.165) is 10.0 Å². The first kappa shape index (κ1) is 9.19. The van der Waals surface area contributed by atoms with E-state index in [1.807, 2.05) is 13.0 Å². The average Bonchev–Trinajstić information content (AvgIpc) is 1.94. The number of halogens is 1. The van der Waals surface area contributed by atoms with Gasteiger partial charge in [-0.2, -0.15) is 0 Å². The molecule has 3 nitrogen and oxygen atoms in total. The lowest BCUT2D eigenvalue weighted by Gasteiger charge is -2.00. The fraction of sp³-hybridized carbons (Fsp3) is 0.250. The van der Waals surface area contributed by atoms with Gasteiger partial charge < -0.3 is 5.11 Å². The first-order chi connectivity index (χ1) is 5.59. The summed E-state index contributed by atoms with van der Waals surface area (Å²) in [6.07, 6.45) is 1.59. The van der Waals surface area contributed by atoms with Gasteiger partial charge in [0.15, 0.2) is 0 Å². The standard InChI is InChI=1S/C8H8BrNO2/c1-5-2-6(9)4-10-7(5)3-8(11)12/h2,4H,3H2,1H3,(H,11,12). The van der Waals surface area contributed by atoms with Crippen LogP contribution in [0.4, 0.5) is 0 Å². The van der Waals surface area contributed by atoms with E-state index in [0.29, 0.717) is 5.69 Å². The van der Waals surface area contributed by atoms with Gasteiger partial charge in [-0.1, -0.05) is 0 Å². The maximum atomic E-state index is 10.4. The largest absolute Gasteiger partial charge is 0.481 e. The number of carbonyl (C=O) groups is 1. The Morgan fingerprint density at radius 1 is 1.75 bits per heavy atom. The Morgan fingerprint density at radius 3 is 2.92 bits per heavy atom. The molecule has 0 bridgehead atoms. The van der Waals surface area contributed by atoms with Crippen molar-refractivity contribution in [2.24, 2.45) is 0 Å². The number of carboxylic acid groups (broad SMARTS) is 1. The second-order valence-electron chi connectivity index (χ2n) is 2.49. The molecular weight excluding hydrogens is 222 g/mol. The number of carboxylic acids is 1. The zero-order chi connectivity index (χ0) is 9.14. The molecule has 0 spiro atoms. The summed E-state index contributed by atoms with van der Waals surface area (Å²) in [5, 5.41) is 8.51. The summed E-state index contributed by atoms with van der Waals surface area (Å²) >= 11 is 3.25. The van der Waals surface area contributed by atoms with Gasteiger partial charge in [-0.25, -0.2) is 0 Å². The van der Waals surface area contributed by atoms with Gasteiger partial charge >= 0.3 is 5.97 Å². The summed E-state index contributed by atoms with van der Waals surface area (Å²) < 4.78 is 0.870. The summed E-state index contributed by atoms with van der Waals surface area (Å²) in [7, 11) is 0. The Hall–Kier alpha value is -0.900. The number of aryl methyl sites for hydroxylation is 1. The van der Waals surface area contributed by atoms with Gasteiger partial charge in [0.05, 0.1) is 12.1 Å². The van der Waals surface area contributed by atoms with Crippen LogP contribution in [-0.4, -0.2) is 16.1 Å². The van der Waals surface area contributed by atoms with Crippen molar-refractivity contribution in [1.82, 2.24) is 4.98 Å². The Labute approximate surface area is 78.6 Å². The van der Waals surface area contributed by atoms with Crippen LogP contribution >= 0.6 is 15.9 Å². The van der Waals surface area contributed by atoms with Crippen molar-refractivity contribution in [1.29, 1.82) is 0 Å². The molecule has 0 fully saturated rings. The minimum absolute atomic E-state index is 0.0148. The Balaban J connectivity index is 2.93. The molecule has 1 N–H and O–H groups in total. The van der Waals surface area contributed by atoms with Crippen molar-refractivity contribution in [2.45, 2.75) is 13.3 Å². The molecule has 0 aliphatic carbocycles. The normalized spacial score (nSPS) is 9.83. The number of aromatic nitrogens is 1. The van der Waals surface area contributed by atoms with Crippen molar-refractivity contribution in [3.63, 3.8) is 0 Å². The Bertz CT molecular complexity index is 312. The predicted molar refractivity (Wildman–Crippen MR) is 48.0 cm³/mol. The fourth-order valence-corrected chi connectivity index (χ4v) is 1.34. The maximum Gasteiger partial charge on any atom is 0.309 e. The molecule has 4 heteroatoms. The minimum Gasteiger partial charge on any atom is -0.481 e. The highest BCUT2D eigenvalue weighted by Gasteiger charge is 2.04. The Morgan fingerprint density at radius 2 is 2.42 bits per heavy atom. The van der Waals surface area contributed by atoms with E-state index in [1.54, 1.807) is 6.20 Å². The molecule has 12 heavy (non-hydrogen) atoms. The number of nitrogens with zero attached hydrogens (tertiary/aromatic N) is 1. The molecule has 0 amide bonds. The van der Waals surface area contributed by atoms with Crippen molar-refractivity contribution in [3.8, 4) is 0 Å². The molecule has 0 saturated heterocycles. The van der Waals surface area contributed by atoms with Crippen LogP contribution in [-0.2, 0) is 11.2 Å². The molecular formula is C8H8BrNO2. The van der Waals surface area contributed by atoms with E-state index >= 15 is 0 Å². The molecule has 1 heterocycles. The van der Waals surface area contributed by atoms with Crippen molar-refractivity contribution < 1.29 is 9.90 Å². The molecule has 0 aromatic carbocycles. The summed E-state index contributed by atoms with van der Waals surface area (Å²) in [6, 6.07) is 1.85. The summed E-state index contributed by atoms with van der Waals surface area (Å²) in [4.78, 5) is 14.3. The van der Waals surface area contributed by atoms with Gasteiger partial charge in [0.25, 0.3) is 0 Å². The molecule has 0 atom stereocenters. The molecule has 64 valence electrons. The van der Waals surface area contributed by atoms with Crippen molar-refractivity contribution >= 4 is 21.9 Å². The van der Waals surface area contributed by atoms with Gasteiger partial charge in [-0.15, -0.1) is 0 Å². The number of rotatable bonds is 2. The van der Waals surface area contributed by atoms with Crippen LogP contribution in [0.15, 0.2) is 16.7 Å². The fourth-order valence-electron chi connectivity index (χ4n) is 0.897. The summed E-state index contributed by atoms with van der Waals surface area (Å²) in [5.74, 6) is -0.854. The highest BCUT2D eigenvalue weighted by molar-refractivity contribution is 9.10. The predicted octanol–water partition coefficient (Wildman–Crippen LogP) is 1.78. The van der Waals surface area contributed by atoms with E-state index < -0.39 is 5.97 Å². The Kier molecular flexibility index (Phi) is 2.81. The average molecular weight is 230 g/mol. The second-order valence-corrected chi connectivity index (χ2v) is 3.40. The zero-order valence-corrected chi connectivity index (χ0v) is 8.13. The molecule has 1 aromatic heterocycles. The smallest absolute Gasteiger partial charge is 0.309 e. The third kappa shape index (κ3) is 2.30. The molecule has 0 unspecified atom stereocenters. The first-order valence-corrected chi connectivity index (χ1v) is 4.21. The quantitative estimate of drug-likeness (QED) is 0.842. The van der Waals surface area contributed by atoms with Gasteiger partial charge in [0.2, 0.25) is 0 Å². The minimum atomic E-state index is -0.854. The first-order valence-electron chi connectivity index (χ1n) is 3.42. The molecule has 0 aliphatic rings. The van der Waals surface area contributed by atoms with E-state index in [-0.39, 0.29) is 6.42 Å². The number of pyridine rings is 1. The lowest BCUT2D eigenvalue weighted by molar-refractivity contribution is -0.136. The second kappa shape index (κ2) is 3.67. The van der Waals surface area contributed by atoms with Gasteiger partial charge in [0.1, 0.15) is 0 Å². The topological polar surface area (TPSA) is 50.2 Å². The van der Waals surface area contributed by atoms with Crippen LogP contribution in [0.3, 0.4) is 0 Å². The van der Waals surface area contributed by atoms with Crippen LogP contribution in [0.25, 0.3) is 0 Å². The van der Waals surface area contributed by atoms with Crippen LogP contribution in [0, 0.1) is 6.92 Å². The molecule has 1 rings (SSSR count). The van der Waals surface area contributed by atoms with E-state index in [4.69, 9.17) is 5.11 Å². The lowest BCUT2D eigenvalue weighted by atomic mass is 10.2. The monoisotopic (exact) mass is 229 g/mol. The van der Waals surface area contributed by atoms with Gasteiger partial charge in [-0.05, 0) is 34.5 Å². The number of hydrogen-bond donors (Lipinski definition) is 1. The third-order valence-corrected chi connectivity index (χ3v) is 1.91. The zero-order valence-electron chi connectivity index (χ0n) is 6.54. The summed E-state index contributed by atoms with van der Waals surface area (Å²) in [6.45, 7) is 1.84. The van der Waals surface area contributed by atoms with E-state index in [9.17, 15) is 4.79 Å². The molecule has 0 saturated carbocycles. The SMILES string of the molecule is Cc1cc(Br)cnc1CC(=O)O. The third-order valence-electron chi connectivity index (χ3n) is 1.47. The molecule has 0 radical (unpaired) electrons. The molecule has 0 aliphatic heterocycles. The van der Waals surface area contributed by atoms with Gasteiger partial charge in [-0.3, -0.25) is 9.78 Å². The van der Waals surface area contributed by atoms with E-state index in [2.05, 4.69) is 20.9 Å². The van der Waals surface area contributed by atoms with Crippen LogP contribution in [0.5, 0.6) is 0 Å². The summed E-state index contributed by atoms with van der Waals surface area (Å²) in [5.41, 5.74) is 1.51. The van der Waals surface area contributed by atoms with Crippen molar-refractivity contribution in [3.05, 3.63) is 28.0 Å². The lowest BCUT2D eigenvalue weighted by Crippen LogP contribution is -2.04. The van der Waals surface area contributed by atoms with E-state index in [1.165, 1.54) is 0 Å². The maximum absolute atomic E-state index is 10.4. The molecule has 1 aromatic rings. The number of aliphatic carboxylic acids is 1. The highest BCUT2D eigenvalue weighted by atomic mass is 79.9.